The van der Waals surface area contributed by atoms with Crippen molar-refractivity contribution in [1.29, 1.82) is 0 Å². The molecule has 4 rings (SSSR count). The molecule has 0 bridgehead atoms. The minimum absolute atomic E-state index is 0.175. The Hall–Kier alpha value is -2.13. The molecule has 0 fully saturated rings. The van der Waals surface area contributed by atoms with Crippen LogP contribution in [0.1, 0.15) is 57.7 Å². The molecule has 2 aromatic carbocycles. The van der Waals surface area contributed by atoms with E-state index in [2.05, 4.69) is 94.8 Å². The Bertz CT molecular complexity index is 1130. The van der Waals surface area contributed by atoms with Crippen LogP contribution < -0.4 is 0 Å². The maximum absolute atomic E-state index is 4.87. The van der Waals surface area contributed by atoms with Crippen LogP contribution in [-0.4, -0.2) is 9.55 Å². The zero-order valence-corrected chi connectivity index (χ0v) is 18.7. The number of benzene rings is 2. The Balaban J connectivity index is 1.56. The molecule has 2 heterocycles. The third-order valence-corrected chi connectivity index (χ3v) is 6.58. The van der Waals surface area contributed by atoms with E-state index in [-0.39, 0.29) is 10.8 Å². The van der Waals surface area contributed by atoms with Gasteiger partial charge in [-0.05, 0) is 57.7 Å². The van der Waals surface area contributed by atoms with E-state index < -0.39 is 0 Å². The van der Waals surface area contributed by atoms with Crippen molar-refractivity contribution in [1.82, 2.24) is 9.55 Å². The van der Waals surface area contributed by atoms with E-state index in [0.29, 0.717) is 0 Å². The molecule has 0 amide bonds. The van der Waals surface area contributed by atoms with Crippen LogP contribution in [0.5, 0.6) is 0 Å². The van der Waals surface area contributed by atoms with Crippen molar-refractivity contribution >= 4 is 32.5 Å². The van der Waals surface area contributed by atoms with E-state index in [1.54, 1.807) is 0 Å². The Labute approximate surface area is 172 Å². The smallest absolute Gasteiger partial charge is 0.0956 e. The Morgan fingerprint density at radius 2 is 1.54 bits per heavy atom. The van der Waals surface area contributed by atoms with Gasteiger partial charge in [0.2, 0.25) is 0 Å². The number of rotatable bonds is 3. The lowest BCUT2D eigenvalue weighted by Crippen LogP contribution is -2.10. The topological polar surface area (TPSA) is 17.8 Å². The van der Waals surface area contributed by atoms with Crippen LogP contribution >= 0.6 is 11.3 Å². The van der Waals surface area contributed by atoms with Crippen molar-refractivity contribution in [3.63, 3.8) is 0 Å². The molecule has 28 heavy (non-hydrogen) atoms. The SMILES string of the molecule is CC(C)(C)c1ccc2c(ccn2CCc2nc3ccc(C(C)(C)C)cc3s2)c1. The molecule has 0 unspecified atom stereocenters. The molecule has 146 valence electrons. The van der Waals surface area contributed by atoms with Crippen molar-refractivity contribution < 1.29 is 0 Å². The molecule has 0 N–H and O–H groups in total. The van der Waals surface area contributed by atoms with Crippen LogP contribution in [0.3, 0.4) is 0 Å². The molecule has 0 radical (unpaired) electrons. The van der Waals surface area contributed by atoms with Crippen LogP contribution in [-0.2, 0) is 23.8 Å². The minimum atomic E-state index is 0.175. The highest BCUT2D eigenvalue weighted by Gasteiger charge is 2.16. The van der Waals surface area contributed by atoms with Crippen molar-refractivity contribution in [3.05, 3.63) is 64.8 Å². The van der Waals surface area contributed by atoms with Gasteiger partial charge in [0.15, 0.2) is 0 Å². The summed E-state index contributed by atoms with van der Waals surface area (Å²) in [6.07, 6.45) is 3.18. The van der Waals surface area contributed by atoms with E-state index in [9.17, 15) is 0 Å². The van der Waals surface area contributed by atoms with E-state index in [4.69, 9.17) is 4.98 Å². The number of aromatic nitrogens is 2. The number of thiazole rings is 1. The van der Waals surface area contributed by atoms with Gasteiger partial charge in [0.25, 0.3) is 0 Å². The fourth-order valence-corrected chi connectivity index (χ4v) is 4.62. The highest BCUT2D eigenvalue weighted by molar-refractivity contribution is 7.18. The second-order valence-electron chi connectivity index (χ2n) is 9.82. The highest BCUT2D eigenvalue weighted by Crippen LogP contribution is 2.30. The summed E-state index contributed by atoms with van der Waals surface area (Å²) >= 11 is 1.84. The van der Waals surface area contributed by atoms with Gasteiger partial charge in [-0.3, -0.25) is 0 Å². The summed E-state index contributed by atoms with van der Waals surface area (Å²) in [4.78, 5) is 4.87. The standard InChI is InChI=1S/C25H30N2S/c1-24(2,3)18-8-10-21-17(15-18)11-13-27(21)14-12-23-26-20-9-7-19(25(4,5)6)16-22(20)28-23/h7-11,13,15-16H,12,14H2,1-6H3. The summed E-state index contributed by atoms with van der Waals surface area (Å²) in [7, 11) is 0. The minimum Gasteiger partial charge on any atom is -0.347 e. The molecule has 4 aromatic rings. The Morgan fingerprint density at radius 3 is 2.25 bits per heavy atom. The Morgan fingerprint density at radius 1 is 0.857 bits per heavy atom. The summed E-state index contributed by atoms with van der Waals surface area (Å²) in [5.74, 6) is 0. The van der Waals surface area contributed by atoms with Crippen LogP contribution in [0, 0.1) is 0 Å². The lowest BCUT2D eigenvalue weighted by Gasteiger charge is -2.19. The van der Waals surface area contributed by atoms with Crippen molar-refractivity contribution in [2.45, 2.75) is 65.3 Å². The molecule has 0 aliphatic carbocycles. The molecule has 3 heteroatoms. The van der Waals surface area contributed by atoms with Gasteiger partial charge in [-0.25, -0.2) is 4.98 Å². The zero-order chi connectivity index (χ0) is 20.1. The summed E-state index contributed by atoms with van der Waals surface area (Å²) in [5.41, 5.74) is 5.56. The highest BCUT2D eigenvalue weighted by atomic mass is 32.1. The van der Waals surface area contributed by atoms with Crippen LogP contribution in [0.2, 0.25) is 0 Å². The van der Waals surface area contributed by atoms with Crippen molar-refractivity contribution in [2.24, 2.45) is 0 Å². The first-order chi connectivity index (χ1) is 13.1. The van der Waals surface area contributed by atoms with Gasteiger partial charge in [-0.15, -0.1) is 11.3 Å². The van der Waals surface area contributed by atoms with Gasteiger partial charge in [0, 0.05) is 24.7 Å². The van der Waals surface area contributed by atoms with Gasteiger partial charge >= 0.3 is 0 Å². The van der Waals surface area contributed by atoms with E-state index in [0.717, 1.165) is 18.5 Å². The molecule has 0 aliphatic heterocycles. The fraction of sp³-hybridized carbons (Fsp3) is 0.400. The fourth-order valence-electron chi connectivity index (χ4n) is 3.62. The predicted octanol–water partition coefficient (Wildman–Crippen LogP) is 7.09. The molecular weight excluding hydrogens is 360 g/mol. The van der Waals surface area contributed by atoms with Gasteiger partial charge in [-0.1, -0.05) is 53.7 Å². The average molecular weight is 391 g/mol. The average Bonchev–Trinajstić information content (AvgIpc) is 3.20. The summed E-state index contributed by atoms with van der Waals surface area (Å²) < 4.78 is 3.66. The van der Waals surface area contributed by atoms with E-state index in [1.165, 1.54) is 31.7 Å². The molecule has 0 spiro atoms. The molecule has 2 nitrogen and oxygen atoms in total. The lowest BCUT2D eigenvalue weighted by atomic mass is 9.86. The molecule has 0 saturated carbocycles. The summed E-state index contributed by atoms with van der Waals surface area (Å²) in [5, 5.41) is 2.54. The van der Waals surface area contributed by atoms with E-state index >= 15 is 0 Å². The third kappa shape index (κ3) is 3.73. The number of fused-ring (bicyclic) bond motifs is 2. The summed E-state index contributed by atoms with van der Waals surface area (Å²) in [6, 6.07) is 15.8. The third-order valence-electron chi connectivity index (χ3n) is 5.50. The van der Waals surface area contributed by atoms with E-state index in [1.807, 2.05) is 11.3 Å². The number of aryl methyl sites for hydroxylation is 2. The largest absolute Gasteiger partial charge is 0.347 e. The van der Waals surface area contributed by atoms with Gasteiger partial charge in [0.05, 0.1) is 15.2 Å². The first-order valence-corrected chi connectivity index (χ1v) is 10.9. The van der Waals surface area contributed by atoms with Crippen molar-refractivity contribution in [2.75, 3.05) is 0 Å². The van der Waals surface area contributed by atoms with Crippen LogP contribution in [0.4, 0.5) is 0 Å². The number of nitrogens with zero attached hydrogens (tertiary/aromatic N) is 2. The quantitative estimate of drug-likeness (QED) is 0.365. The van der Waals surface area contributed by atoms with Crippen molar-refractivity contribution in [3.8, 4) is 0 Å². The maximum atomic E-state index is 4.87. The molecular formula is C25H30N2S. The monoisotopic (exact) mass is 390 g/mol. The molecule has 0 aliphatic rings. The summed E-state index contributed by atoms with van der Waals surface area (Å²) in [6.45, 7) is 14.6. The van der Waals surface area contributed by atoms with Gasteiger partial charge in [-0.2, -0.15) is 0 Å². The maximum Gasteiger partial charge on any atom is 0.0956 e. The van der Waals surface area contributed by atoms with Gasteiger partial charge in [0.1, 0.15) is 0 Å². The first-order valence-electron chi connectivity index (χ1n) is 10.1. The second kappa shape index (κ2) is 6.73. The lowest BCUT2D eigenvalue weighted by molar-refractivity contribution is 0.591. The number of hydrogen-bond acceptors (Lipinski definition) is 2. The first kappa shape index (κ1) is 19.2. The molecule has 2 aromatic heterocycles. The molecule has 0 atom stereocenters. The predicted molar refractivity (Wildman–Crippen MR) is 123 cm³/mol. The normalized spacial score (nSPS) is 12.9. The number of hydrogen-bond donors (Lipinski definition) is 0. The second-order valence-corrected chi connectivity index (χ2v) is 10.9. The Kier molecular flexibility index (Phi) is 4.62. The molecule has 0 saturated heterocycles. The van der Waals surface area contributed by atoms with Crippen LogP contribution in [0.15, 0.2) is 48.7 Å². The van der Waals surface area contributed by atoms with Gasteiger partial charge < -0.3 is 4.57 Å². The zero-order valence-electron chi connectivity index (χ0n) is 17.8. The van der Waals surface area contributed by atoms with Crippen LogP contribution in [0.25, 0.3) is 21.1 Å².